The Morgan fingerprint density at radius 2 is 0.812 bits per heavy atom. The average Bonchev–Trinajstić information content (AvgIpc) is 3.55. The van der Waals surface area contributed by atoms with Gasteiger partial charge in [0.25, 0.3) is 0 Å². The van der Waals surface area contributed by atoms with Gasteiger partial charge in [-0.15, -0.1) is 0 Å². The molecule has 2 atom stereocenters. The van der Waals surface area contributed by atoms with Crippen LogP contribution in [0.5, 0.6) is 0 Å². The lowest BCUT2D eigenvalue weighted by Crippen LogP contribution is -2.36. The predicted molar refractivity (Wildman–Crippen MR) is 202 cm³/mol. The van der Waals surface area contributed by atoms with Crippen molar-refractivity contribution in [2.24, 2.45) is 4.99 Å². The zero-order chi connectivity index (χ0) is 32.3. The first kappa shape index (κ1) is 29.4. The van der Waals surface area contributed by atoms with Gasteiger partial charge in [0.2, 0.25) is 0 Å². The van der Waals surface area contributed by atoms with Gasteiger partial charge in [-0.2, -0.15) is 0 Å². The van der Waals surface area contributed by atoms with E-state index in [0.717, 1.165) is 51.0 Å². The summed E-state index contributed by atoms with van der Waals surface area (Å²) < 4.78 is 0. The molecule has 0 bridgehead atoms. The van der Waals surface area contributed by atoms with Crippen molar-refractivity contribution in [1.29, 1.82) is 0 Å². The highest BCUT2D eigenvalue weighted by Crippen LogP contribution is 2.39. The average molecular weight is 621 g/mol. The summed E-state index contributed by atoms with van der Waals surface area (Å²) in [5.74, 6) is 0. The van der Waals surface area contributed by atoms with Crippen LogP contribution in [-0.2, 0) is 0 Å². The van der Waals surface area contributed by atoms with Crippen molar-refractivity contribution in [2.45, 2.75) is 19.1 Å². The van der Waals surface area contributed by atoms with Crippen molar-refractivity contribution in [1.82, 2.24) is 5.32 Å². The highest BCUT2D eigenvalue weighted by molar-refractivity contribution is 6.32. The van der Waals surface area contributed by atoms with Gasteiger partial charge in [0.1, 0.15) is 0 Å². The first-order chi connectivity index (χ1) is 23.7. The lowest BCUT2D eigenvalue weighted by Gasteiger charge is -2.27. The predicted octanol–water partition coefficient (Wildman–Crippen LogP) is 10.9. The summed E-state index contributed by atoms with van der Waals surface area (Å²) in [5, 5.41) is 3.73. The maximum atomic E-state index is 5.10. The van der Waals surface area contributed by atoms with Crippen molar-refractivity contribution in [3.63, 3.8) is 0 Å². The number of fused-ring (bicyclic) bond motifs is 1. The molecule has 1 heterocycles. The summed E-state index contributed by atoms with van der Waals surface area (Å²) in [7, 11) is 0. The van der Waals surface area contributed by atoms with Crippen molar-refractivity contribution >= 4 is 51.0 Å². The van der Waals surface area contributed by atoms with Crippen LogP contribution in [0.1, 0.15) is 18.1 Å². The topological polar surface area (TPSA) is 30.9 Å². The number of aliphatic imine (C=N–C) groups is 1. The molecule has 6 aromatic carbocycles. The second-order valence-corrected chi connectivity index (χ2v) is 12.1. The van der Waals surface area contributed by atoms with Crippen LogP contribution in [0, 0.1) is 0 Å². The van der Waals surface area contributed by atoms with Gasteiger partial charge in [0, 0.05) is 39.7 Å². The van der Waals surface area contributed by atoms with Crippen molar-refractivity contribution < 1.29 is 0 Å². The standard InChI is InChI=1S/C44H36N4/c1-32-45-43-41(33-22-26-39(27-23-33)47(35-14-6-2-7-15-35)36-16-8-3-9-17-36)30-31-42(44(43)46-32)34-24-28-40(29-25-34)48(37-18-10-4-11-19-37)38-20-12-5-13-21-38/h2-32,43,45H,1H3. The summed E-state index contributed by atoms with van der Waals surface area (Å²) in [5.41, 5.74) is 12.6. The van der Waals surface area contributed by atoms with E-state index in [9.17, 15) is 0 Å². The molecule has 0 aromatic heterocycles. The minimum absolute atomic E-state index is 0.0232. The SMILES string of the molecule is CC1N=C2C(c3ccc(N(c4ccccc4)c4ccccc4)cc3)=CC=C(c3ccc(N(c4ccccc4)c4ccccc4)cc3)C2N1. The molecule has 6 aromatic rings. The molecule has 0 saturated heterocycles. The molecule has 1 aliphatic carbocycles. The molecule has 0 radical (unpaired) electrons. The van der Waals surface area contributed by atoms with Crippen LogP contribution < -0.4 is 15.1 Å². The number of anilines is 6. The fourth-order valence-electron chi connectivity index (χ4n) is 6.76. The summed E-state index contributed by atoms with van der Waals surface area (Å²) in [6.07, 6.45) is 4.53. The zero-order valence-electron chi connectivity index (χ0n) is 26.8. The molecule has 232 valence electrons. The minimum Gasteiger partial charge on any atom is -0.311 e. The van der Waals surface area contributed by atoms with E-state index in [-0.39, 0.29) is 12.2 Å². The smallest absolute Gasteiger partial charge is 0.0977 e. The highest BCUT2D eigenvalue weighted by Gasteiger charge is 2.33. The van der Waals surface area contributed by atoms with Crippen LogP contribution in [0.15, 0.2) is 187 Å². The van der Waals surface area contributed by atoms with E-state index in [1.807, 2.05) is 0 Å². The van der Waals surface area contributed by atoms with E-state index in [1.165, 1.54) is 11.1 Å². The van der Waals surface area contributed by atoms with Gasteiger partial charge in [0.05, 0.1) is 17.9 Å². The normalized spacial score (nSPS) is 16.7. The molecule has 2 aliphatic rings. The molecule has 1 N–H and O–H groups in total. The Morgan fingerprint density at radius 1 is 0.438 bits per heavy atom. The van der Waals surface area contributed by atoms with Crippen LogP contribution in [0.25, 0.3) is 11.1 Å². The summed E-state index contributed by atoms with van der Waals surface area (Å²) >= 11 is 0. The third-order valence-electron chi connectivity index (χ3n) is 8.98. The largest absolute Gasteiger partial charge is 0.311 e. The molecule has 1 aliphatic heterocycles. The van der Waals surface area contributed by atoms with E-state index in [0.29, 0.717) is 0 Å². The first-order valence-corrected chi connectivity index (χ1v) is 16.5. The van der Waals surface area contributed by atoms with Crippen molar-refractivity contribution in [3.8, 4) is 0 Å². The van der Waals surface area contributed by atoms with Crippen LogP contribution in [0.4, 0.5) is 34.1 Å². The maximum absolute atomic E-state index is 5.10. The van der Waals surface area contributed by atoms with Crippen LogP contribution in [0.2, 0.25) is 0 Å². The van der Waals surface area contributed by atoms with E-state index < -0.39 is 0 Å². The third-order valence-corrected chi connectivity index (χ3v) is 8.98. The molecule has 4 nitrogen and oxygen atoms in total. The van der Waals surface area contributed by atoms with Crippen molar-refractivity contribution in [3.05, 3.63) is 193 Å². The Morgan fingerprint density at radius 3 is 1.23 bits per heavy atom. The summed E-state index contributed by atoms with van der Waals surface area (Å²) in [4.78, 5) is 9.68. The van der Waals surface area contributed by atoms with E-state index >= 15 is 0 Å². The van der Waals surface area contributed by atoms with Gasteiger partial charge in [-0.25, -0.2) is 0 Å². The number of allylic oxidation sites excluding steroid dienone is 2. The Labute approximate surface area is 282 Å². The van der Waals surface area contributed by atoms with Crippen LogP contribution >= 0.6 is 0 Å². The third kappa shape index (κ3) is 5.74. The molecule has 0 fully saturated rings. The number of nitrogens with one attached hydrogen (secondary N) is 1. The number of benzene rings is 6. The maximum Gasteiger partial charge on any atom is 0.0977 e. The Balaban J connectivity index is 1.11. The number of para-hydroxylation sites is 4. The van der Waals surface area contributed by atoms with Crippen LogP contribution in [-0.4, -0.2) is 17.9 Å². The van der Waals surface area contributed by atoms with Gasteiger partial charge < -0.3 is 9.80 Å². The van der Waals surface area contributed by atoms with Gasteiger partial charge in [-0.05, 0) is 96.4 Å². The quantitative estimate of drug-likeness (QED) is 0.184. The lowest BCUT2D eigenvalue weighted by atomic mass is 9.84. The summed E-state index contributed by atoms with van der Waals surface area (Å²) in [6, 6.07) is 59.9. The van der Waals surface area contributed by atoms with E-state index in [2.05, 4.69) is 204 Å². The molecular formula is C44H36N4. The van der Waals surface area contributed by atoms with Crippen LogP contribution in [0.3, 0.4) is 0 Å². The van der Waals surface area contributed by atoms with Gasteiger partial charge in [-0.3, -0.25) is 10.3 Å². The molecular weight excluding hydrogens is 585 g/mol. The fourth-order valence-corrected chi connectivity index (χ4v) is 6.76. The molecule has 0 spiro atoms. The minimum atomic E-state index is 0.0232. The molecule has 0 saturated carbocycles. The zero-order valence-corrected chi connectivity index (χ0v) is 26.8. The second-order valence-electron chi connectivity index (χ2n) is 12.1. The Bertz CT molecular complexity index is 2010. The lowest BCUT2D eigenvalue weighted by molar-refractivity contribution is 0.624. The van der Waals surface area contributed by atoms with Gasteiger partial charge >= 0.3 is 0 Å². The monoisotopic (exact) mass is 620 g/mol. The van der Waals surface area contributed by atoms with Crippen molar-refractivity contribution in [2.75, 3.05) is 9.80 Å². The molecule has 8 rings (SSSR count). The number of hydrogen-bond acceptors (Lipinski definition) is 4. The Hall–Kier alpha value is -5.97. The molecule has 48 heavy (non-hydrogen) atoms. The Kier molecular flexibility index (Phi) is 7.99. The van der Waals surface area contributed by atoms with E-state index in [1.54, 1.807) is 0 Å². The molecule has 4 heteroatoms. The van der Waals surface area contributed by atoms with Gasteiger partial charge in [-0.1, -0.05) is 109 Å². The first-order valence-electron chi connectivity index (χ1n) is 16.5. The second kappa shape index (κ2) is 13.0. The number of nitrogens with zero attached hydrogens (tertiary/aromatic N) is 3. The molecule has 0 amide bonds. The highest BCUT2D eigenvalue weighted by atomic mass is 15.2. The summed E-state index contributed by atoms with van der Waals surface area (Å²) in [6.45, 7) is 2.13. The molecule has 2 unspecified atom stereocenters. The number of hydrogen-bond donors (Lipinski definition) is 1. The van der Waals surface area contributed by atoms with Gasteiger partial charge in [0.15, 0.2) is 0 Å². The fraction of sp³-hybridized carbons (Fsp3) is 0.0682. The number of rotatable bonds is 8. The van der Waals surface area contributed by atoms with E-state index in [4.69, 9.17) is 4.99 Å².